The van der Waals surface area contributed by atoms with Crippen LogP contribution in [0.2, 0.25) is 0 Å². The molecule has 3 aromatic rings. The third kappa shape index (κ3) is 3.23. The van der Waals surface area contributed by atoms with E-state index in [9.17, 15) is 18.0 Å². The van der Waals surface area contributed by atoms with Crippen LogP contribution in [0, 0.1) is 6.57 Å². The Morgan fingerprint density at radius 3 is 2.73 bits per heavy atom. The summed E-state index contributed by atoms with van der Waals surface area (Å²) in [6.07, 6.45) is 1.78. The molecule has 3 rings (SSSR count). The number of halogens is 3. The molecule has 3 aromatic heterocycles. The molecule has 0 aliphatic rings. The van der Waals surface area contributed by atoms with E-state index in [0.717, 1.165) is 18.3 Å². The van der Waals surface area contributed by atoms with Crippen molar-refractivity contribution >= 4 is 29.0 Å². The zero-order chi connectivity index (χ0) is 18.9. The van der Waals surface area contributed by atoms with E-state index in [1.54, 1.807) is 0 Å². The molecule has 0 spiro atoms. The Kier molecular flexibility index (Phi) is 4.13. The fourth-order valence-electron chi connectivity index (χ4n) is 2.24. The lowest BCUT2D eigenvalue weighted by molar-refractivity contribution is -0.137. The molecular formula is C16H9F3N6O. The molecule has 0 aliphatic carbocycles. The van der Waals surface area contributed by atoms with E-state index in [0.29, 0.717) is 16.7 Å². The van der Waals surface area contributed by atoms with Gasteiger partial charge in [-0.25, -0.2) is 9.97 Å². The molecule has 3 N–H and O–H groups in total. The predicted molar refractivity (Wildman–Crippen MR) is 86.6 cm³/mol. The molecule has 7 nitrogen and oxygen atoms in total. The highest BCUT2D eigenvalue weighted by Gasteiger charge is 2.35. The van der Waals surface area contributed by atoms with Crippen molar-refractivity contribution in [3.05, 3.63) is 53.3 Å². The van der Waals surface area contributed by atoms with Gasteiger partial charge in [0.15, 0.2) is 5.65 Å². The second-order valence-corrected chi connectivity index (χ2v) is 5.14. The van der Waals surface area contributed by atoms with Crippen molar-refractivity contribution in [1.29, 1.82) is 0 Å². The number of hydrogen-bond acceptors (Lipinski definition) is 4. The fourth-order valence-corrected chi connectivity index (χ4v) is 2.24. The molecule has 0 aromatic carbocycles. The third-order valence-corrected chi connectivity index (χ3v) is 3.41. The average Bonchev–Trinajstić information content (AvgIpc) is 3.00. The Morgan fingerprint density at radius 2 is 2.08 bits per heavy atom. The number of nitrogens with one attached hydrogen (secondary N) is 1. The zero-order valence-electron chi connectivity index (χ0n) is 12.9. The van der Waals surface area contributed by atoms with Gasteiger partial charge in [0.25, 0.3) is 5.82 Å². The Hall–Kier alpha value is -3.74. The average molecular weight is 358 g/mol. The Labute approximate surface area is 144 Å². The molecule has 0 atom stereocenters. The van der Waals surface area contributed by atoms with Crippen LogP contribution in [-0.2, 0) is 11.0 Å². The van der Waals surface area contributed by atoms with Crippen molar-refractivity contribution in [1.82, 2.24) is 19.9 Å². The van der Waals surface area contributed by atoms with Gasteiger partial charge in [0.05, 0.1) is 17.5 Å². The number of aromatic amines is 1. The van der Waals surface area contributed by atoms with Crippen LogP contribution in [0.4, 0.5) is 19.0 Å². The number of carbonyl (C=O) groups excluding carboxylic acids is 1. The van der Waals surface area contributed by atoms with Gasteiger partial charge in [-0.2, -0.15) is 13.2 Å². The number of pyridine rings is 1. The summed E-state index contributed by atoms with van der Waals surface area (Å²) >= 11 is 0. The molecule has 0 saturated heterocycles. The zero-order valence-corrected chi connectivity index (χ0v) is 12.9. The van der Waals surface area contributed by atoms with Crippen LogP contribution in [0.5, 0.6) is 0 Å². The summed E-state index contributed by atoms with van der Waals surface area (Å²) in [5.41, 5.74) is 5.34. The highest BCUT2D eigenvalue weighted by atomic mass is 19.4. The monoisotopic (exact) mass is 358 g/mol. The van der Waals surface area contributed by atoms with Crippen LogP contribution in [0.25, 0.3) is 33.3 Å². The molecule has 26 heavy (non-hydrogen) atoms. The minimum atomic E-state index is -4.72. The number of H-pyrrole nitrogens is 1. The predicted octanol–water partition coefficient (Wildman–Crippen LogP) is 3.09. The second-order valence-electron chi connectivity index (χ2n) is 5.14. The maximum Gasteiger partial charge on any atom is 0.409 e. The van der Waals surface area contributed by atoms with Gasteiger partial charge in [-0.15, -0.1) is 4.98 Å². The summed E-state index contributed by atoms with van der Waals surface area (Å²) in [6.45, 7) is 6.82. The van der Waals surface area contributed by atoms with E-state index in [2.05, 4.69) is 24.8 Å². The first kappa shape index (κ1) is 17.1. The van der Waals surface area contributed by atoms with Crippen molar-refractivity contribution in [3.63, 3.8) is 0 Å². The topological polar surface area (TPSA) is 102 Å². The third-order valence-electron chi connectivity index (χ3n) is 3.41. The van der Waals surface area contributed by atoms with Crippen LogP contribution < -0.4 is 5.73 Å². The molecule has 3 heterocycles. The molecular weight excluding hydrogens is 349 g/mol. The number of rotatable bonds is 3. The SMILES string of the molecule is [C-]#[N+]c1ncc(-c2cnc3[nH]cc(/C=C/C(N)=O)c3n2)cc1C(F)(F)F. The molecule has 0 aliphatic heterocycles. The van der Waals surface area contributed by atoms with Crippen LogP contribution in [-0.4, -0.2) is 25.8 Å². The lowest BCUT2D eigenvalue weighted by Gasteiger charge is -2.09. The van der Waals surface area contributed by atoms with Gasteiger partial charge in [0.2, 0.25) is 5.91 Å². The lowest BCUT2D eigenvalue weighted by Crippen LogP contribution is -2.06. The molecule has 1 amide bonds. The van der Waals surface area contributed by atoms with Crippen LogP contribution in [0.15, 0.2) is 30.7 Å². The van der Waals surface area contributed by atoms with Crippen molar-refractivity contribution < 1.29 is 18.0 Å². The molecule has 10 heteroatoms. The van der Waals surface area contributed by atoms with Gasteiger partial charge in [-0.05, 0) is 12.1 Å². The first-order valence-electron chi connectivity index (χ1n) is 7.06. The number of nitrogens with zero attached hydrogens (tertiary/aromatic N) is 4. The largest absolute Gasteiger partial charge is 0.409 e. The van der Waals surface area contributed by atoms with Crippen LogP contribution in [0.1, 0.15) is 11.1 Å². The second kappa shape index (κ2) is 6.29. The summed E-state index contributed by atoms with van der Waals surface area (Å²) in [7, 11) is 0. The van der Waals surface area contributed by atoms with Gasteiger partial charge in [0, 0.05) is 23.4 Å². The fraction of sp³-hybridized carbons (Fsp3) is 0.0625. The maximum absolute atomic E-state index is 13.1. The maximum atomic E-state index is 13.1. The van der Waals surface area contributed by atoms with E-state index < -0.39 is 23.5 Å². The van der Waals surface area contributed by atoms with Gasteiger partial charge in [-0.3, -0.25) is 4.79 Å². The summed E-state index contributed by atoms with van der Waals surface area (Å²) in [6, 6.07) is 0.807. The summed E-state index contributed by atoms with van der Waals surface area (Å²) in [4.78, 5) is 28.4. The van der Waals surface area contributed by atoms with E-state index in [1.807, 2.05) is 0 Å². The van der Waals surface area contributed by atoms with Crippen LogP contribution >= 0.6 is 0 Å². The number of nitrogens with two attached hydrogens (primary N) is 1. The van der Waals surface area contributed by atoms with E-state index in [-0.39, 0.29) is 11.3 Å². The number of carbonyl (C=O) groups is 1. The van der Waals surface area contributed by atoms with Gasteiger partial charge in [-0.1, -0.05) is 6.57 Å². The number of aromatic nitrogens is 4. The number of alkyl halides is 3. The first-order chi connectivity index (χ1) is 12.3. The Balaban J connectivity index is 2.13. The summed E-state index contributed by atoms with van der Waals surface area (Å²) in [5.74, 6) is -1.39. The van der Waals surface area contributed by atoms with E-state index in [4.69, 9.17) is 12.3 Å². The molecule has 0 unspecified atom stereocenters. The van der Waals surface area contributed by atoms with Gasteiger partial charge >= 0.3 is 6.18 Å². The first-order valence-corrected chi connectivity index (χ1v) is 7.06. The number of amides is 1. The van der Waals surface area contributed by atoms with Crippen molar-refractivity contribution in [2.45, 2.75) is 6.18 Å². The highest BCUT2D eigenvalue weighted by Crippen LogP contribution is 2.37. The Bertz CT molecular complexity index is 1080. The van der Waals surface area contributed by atoms with Crippen molar-refractivity contribution in [2.24, 2.45) is 5.73 Å². The van der Waals surface area contributed by atoms with Crippen molar-refractivity contribution in [2.75, 3.05) is 0 Å². The molecule has 0 radical (unpaired) electrons. The number of fused-ring (bicyclic) bond motifs is 1. The summed E-state index contributed by atoms with van der Waals surface area (Å²) in [5, 5.41) is 0. The Morgan fingerprint density at radius 1 is 1.31 bits per heavy atom. The molecule has 0 saturated carbocycles. The molecule has 0 fully saturated rings. The quantitative estimate of drug-likeness (QED) is 0.555. The van der Waals surface area contributed by atoms with Gasteiger partial charge < -0.3 is 15.6 Å². The minimum Gasteiger partial charge on any atom is -0.366 e. The summed E-state index contributed by atoms with van der Waals surface area (Å²) < 4.78 is 39.3. The van der Waals surface area contributed by atoms with Crippen molar-refractivity contribution in [3.8, 4) is 11.3 Å². The minimum absolute atomic E-state index is 0.0603. The smallest absolute Gasteiger partial charge is 0.366 e. The molecule has 0 bridgehead atoms. The van der Waals surface area contributed by atoms with E-state index in [1.165, 1.54) is 18.5 Å². The van der Waals surface area contributed by atoms with Crippen LogP contribution in [0.3, 0.4) is 0 Å². The lowest BCUT2D eigenvalue weighted by atomic mass is 10.1. The van der Waals surface area contributed by atoms with E-state index >= 15 is 0 Å². The highest BCUT2D eigenvalue weighted by molar-refractivity contribution is 5.93. The molecule has 130 valence electrons. The van der Waals surface area contributed by atoms with Gasteiger partial charge in [0.1, 0.15) is 11.7 Å². The number of primary amides is 1. The number of hydrogen-bond donors (Lipinski definition) is 2. The normalized spacial score (nSPS) is 11.8. The standard InChI is InChI=1S/C16H9F3N6O/c1-21-14-10(16(17,18)19)4-9(6-22-14)11-7-24-15-13(25-11)8(5-23-15)2-3-12(20)26/h2-7H,(H2,20,26)(H,23,24)/b3-2+.